The third-order valence-electron chi connectivity index (χ3n) is 3.72. The van der Waals surface area contributed by atoms with Gasteiger partial charge in [-0.25, -0.2) is 0 Å². The first-order chi connectivity index (χ1) is 11.1. The molecule has 3 aromatic rings. The van der Waals surface area contributed by atoms with Crippen LogP contribution in [0.5, 0.6) is 5.75 Å². The van der Waals surface area contributed by atoms with Gasteiger partial charge in [-0.3, -0.25) is 9.58 Å². The summed E-state index contributed by atoms with van der Waals surface area (Å²) < 4.78 is 7.56. The van der Waals surface area contributed by atoms with Crippen molar-refractivity contribution in [3.63, 3.8) is 0 Å². The first-order valence-corrected chi connectivity index (χ1v) is 7.65. The number of H-pyrrole nitrogens is 1. The Kier molecular flexibility index (Phi) is 4.64. The van der Waals surface area contributed by atoms with Crippen LogP contribution in [0.4, 0.5) is 0 Å². The number of aromatic amines is 1. The van der Waals surface area contributed by atoms with E-state index < -0.39 is 6.10 Å². The van der Waals surface area contributed by atoms with Crippen LogP contribution in [0.1, 0.15) is 5.56 Å². The molecule has 1 unspecified atom stereocenters. The predicted molar refractivity (Wildman–Crippen MR) is 89.3 cm³/mol. The molecular weight excluding hydrogens is 292 g/mol. The highest BCUT2D eigenvalue weighted by molar-refractivity contribution is 5.85. The molecule has 122 valence electrons. The molecule has 0 aliphatic heterocycles. The number of rotatable bonds is 7. The predicted octanol–water partition coefficient (Wildman–Crippen LogP) is 1.77. The number of hydrogen-bond donors (Lipinski definition) is 2. The van der Waals surface area contributed by atoms with Gasteiger partial charge in [-0.15, -0.1) is 0 Å². The number of likely N-dealkylation sites (N-methyl/N-ethyl adjacent to an activating group) is 1. The summed E-state index contributed by atoms with van der Waals surface area (Å²) in [6.45, 7) is 1.55. The lowest BCUT2D eigenvalue weighted by Gasteiger charge is -2.20. The maximum absolute atomic E-state index is 10.2. The maximum atomic E-state index is 10.2. The monoisotopic (exact) mass is 314 g/mol. The van der Waals surface area contributed by atoms with Crippen molar-refractivity contribution in [2.45, 2.75) is 12.6 Å². The number of aliphatic hydroxyl groups is 1. The molecule has 0 aliphatic carbocycles. The Balaban J connectivity index is 1.51. The summed E-state index contributed by atoms with van der Waals surface area (Å²) >= 11 is 0. The number of aromatic nitrogens is 3. The molecule has 0 spiro atoms. The lowest BCUT2D eigenvalue weighted by Crippen LogP contribution is -2.32. The summed E-state index contributed by atoms with van der Waals surface area (Å²) in [5.74, 6) is 0.790. The Morgan fingerprint density at radius 2 is 2.26 bits per heavy atom. The molecule has 23 heavy (non-hydrogen) atoms. The van der Waals surface area contributed by atoms with Gasteiger partial charge in [0.2, 0.25) is 0 Å². The Labute approximate surface area is 135 Å². The van der Waals surface area contributed by atoms with Gasteiger partial charge in [0, 0.05) is 49.0 Å². The van der Waals surface area contributed by atoms with E-state index in [-0.39, 0.29) is 6.61 Å². The van der Waals surface area contributed by atoms with Crippen molar-refractivity contribution in [1.82, 2.24) is 19.7 Å². The van der Waals surface area contributed by atoms with Gasteiger partial charge >= 0.3 is 0 Å². The van der Waals surface area contributed by atoms with Crippen LogP contribution in [0, 0.1) is 0 Å². The second kappa shape index (κ2) is 6.85. The van der Waals surface area contributed by atoms with Crippen LogP contribution in [0.3, 0.4) is 0 Å². The fraction of sp³-hybridized carbons (Fsp3) is 0.353. The van der Waals surface area contributed by atoms with Gasteiger partial charge in [0.15, 0.2) is 0 Å². The molecule has 0 saturated heterocycles. The largest absolute Gasteiger partial charge is 0.490 e. The molecule has 2 N–H and O–H groups in total. The van der Waals surface area contributed by atoms with E-state index in [9.17, 15) is 5.11 Å². The second-order valence-corrected chi connectivity index (χ2v) is 5.88. The molecular formula is C17H22N4O2. The summed E-state index contributed by atoms with van der Waals surface area (Å²) in [6.07, 6.45) is 5.15. The SMILES string of the molecule is CN(Cc1cnn(C)c1)CC(O)COc1cccc2[nH]ccc12. The molecule has 1 aromatic carbocycles. The normalized spacial score (nSPS) is 12.9. The van der Waals surface area contributed by atoms with E-state index in [0.29, 0.717) is 6.54 Å². The summed E-state index contributed by atoms with van der Waals surface area (Å²) in [7, 11) is 3.87. The van der Waals surface area contributed by atoms with Crippen LogP contribution >= 0.6 is 0 Å². The summed E-state index contributed by atoms with van der Waals surface area (Å²) in [5.41, 5.74) is 2.16. The lowest BCUT2D eigenvalue weighted by atomic mass is 10.2. The first-order valence-electron chi connectivity index (χ1n) is 7.65. The fourth-order valence-corrected chi connectivity index (χ4v) is 2.71. The van der Waals surface area contributed by atoms with Gasteiger partial charge in [0.05, 0.1) is 6.20 Å². The minimum atomic E-state index is -0.550. The smallest absolute Gasteiger partial charge is 0.128 e. The van der Waals surface area contributed by atoms with Gasteiger partial charge in [-0.2, -0.15) is 5.10 Å². The van der Waals surface area contributed by atoms with Crippen molar-refractivity contribution in [2.75, 3.05) is 20.2 Å². The number of hydrogen-bond acceptors (Lipinski definition) is 4. The topological polar surface area (TPSA) is 66.3 Å². The molecule has 0 amide bonds. The van der Waals surface area contributed by atoms with Crippen molar-refractivity contribution in [3.8, 4) is 5.75 Å². The molecule has 2 aromatic heterocycles. The summed E-state index contributed by atoms with van der Waals surface area (Å²) in [4.78, 5) is 5.21. The van der Waals surface area contributed by atoms with Crippen LogP contribution in [0.15, 0.2) is 42.9 Å². The van der Waals surface area contributed by atoms with Gasteiger partial charge in [-0.05, 0) is 25.2 Å². The van der Waals surface area contributed by atoms with Gasteiger partial charge in [0.25, 0.3) is 0 Å². The molecule has 0 bridgehead atoms. The Hall–Kier alpha value is -2.31. The van der Waals surface area contributed by atoms with Crippen molar-refractivity contribution in [2.24, 2.45) is 7.05 Å². The zero-order chi connectivity index (χ0) is 16.2. The number of benzene rings is 1. The minimum absolute atomic E-state index is 0.266. The quantitative estimate of drug-likeness (QED) is 0.697. The molecule has 0 aliphatic rings. The van der Waals surface area contributed by atoms with Crippen molar-refractivity contribution >= 4 is 10.9 Å². The third kappa shape index (κ3) is 3.91. The second-order valence-electron chi connectivity index (χ2n) is 5.88. The highest BCUT2D eigenvalue weighted by Crippen LogP contribution is 2.24. The molecule has 3 rings (SSSR count). The maximum Gasteiger partial charge on any atom is 0.128 e. The van der Waals surface area contributed by atoms with Gasteiger partial charge in [0.1, 0.15) is 18.5 Å². The molecule has 0 fully saturated rings. The van der Waals surface area contributed by atoms with Crippen molar-refractivity contribution in [3.05, 3.63) is 48.4 Å². The highest BCUT2D eigenvalue weighted by atomic mass is 16.5. The molecule has 2 heterocycles. The lowest BCUT2D eigenvalue weighted by molar-refractivity contribution is 0.0750. The highest BCUT2D eigenvalue weighted by Gasteiger charge is 2.11. The van der Waals surface area contributed by atoms with Crippen molar-refractivity contribution < 1.29 is 9.84 Å². The Morgan fingerprint density at radius 3 is 3.04 bits per heavy atom. The summed E-state index contributed by atoms with van der Waals surface area (Å²) in [6, 6.07) is 7.84. The Bertz CT molecular complexity index is 765. The van der Waals surface area contributed by atoms with Crippen LogP contribution in [0.2, 0.25) is 0 Å². The average Bonchev–Trinajstić information content (AvgIpc) is 3.14. The summed E-state index contributed by atoms with van der Waals surface area (Å²) in [5, 5.41) is 15.4. The van der Waals surface area contributed by atoms with E-state index in [1.54, 1.807) is 4.68 Å². The van der Waals surface area contributed by atoms with E-state index in [1.807, 2.05) is 57.0 Å². The van der Waals surface area contributed by atoms with Crippen LogP contribution < -0.4 is 4.74 Å². The van der Waals surface area contributed by atoms with E-state index in [4.69, 9.17) is 4.74 Å². The molecule has 1 atom stereocenters. The number of ether oxygens (including phenoxy) is 1. The van der Waals surface area contributed by atoms with E-state index in [0.717, 1.165) is 28.8 Å². The fourth-order valence-electron chi connectivity index (χ4n) is 2.71. The number of fused-ring (bicyclic) bond motifs is 1. The molecule has 6 nitrogen and oxygen atoms in total. The van der Waals surface area contributed by atoms with Crippen LogP contribution in [-0.4, -0.2) is 51.1 Å². The first kappa shape index (κ1) is 15.6. The van der Waals surface area contributed by atoms with E-state index in [2.05, 4.69) is 15.0 Å². The van der Waals surface area contributed by atoms with Crippen molar-refractivity contribution in [1.29, 1.82) is 0 Å². The molecule has 6 heteroatoms. The minimum Gasteiger partial charge on any atom is -0.490 e. The van der Waals surface area contributed by atoms with E-state index >= 15 is 0 Å². The number of nitrogens with one attached hydrogen (secondary N) is 1. The average molecular weight is 314 g/mol. The molecule has 0 saturated carbocycles. The van der Waals surface area contributed by atoms with Gasteiger partial charge in [-0.1, -0.05) is 6.07 Å². The zero-order valence-electron chi connectivity index (χ0n) is 13.4. The van der Waals surface area contributed by atoms with Crippen LogP contribution in [0.25, 0.3) is 10.9 Å². The number of aliphatic hydroxyl groups excluding tert-OH is 1. The number of aryl methyl sites for hydroxylation is 1. The van der Waals surface area contributed by atoms with Crippen LogP contribution in [-0.2, 0) is 13.6 Å². The standard InChI is InChI=1S/C17H22N4O2/c1-20(9-13-8-19-21(2)10-13)11-14(22)12-23-17-5-3-4-16-15(17)6-7-18-16/h3-8,10,14,18,22H,9,11-12H2,1-2H3. The zero-order valence-corrected chi connectivity index (χ0v) is 13.4. The Morgan fingerprint density at radius 1 is 1.39 bits per heavy atom. The molecule has 0 radical (unpaired) electrons. The van der Waals surface area contributed by atoms with E-state index in [1.165, 1.54) is 0 Å². The van der Waals surface area contributed by atoms with Gasteiger partial charge < -0.3 is 14.8 Å². The third-order valence-corrected chi connectivity index (χ3v) is 3.72. The number of nitrogens with zero attached hydrogens (tertiary/aromatic N) is 3.